The van der Waals surface area contributed by atoms with E-state index in [1.54, 1.807) is 188 Å². The molecule has 1 unspecified atom stereocenters. The van der Waals surface area contributed by atoms with Crippen LogP contribution in [-0.4, -0.2) is 254 Å². The molecule has 0 aliphatic carbocycles. The van der Waals surface area contributed by atoms with Gasteiger partial charge in [0.15, 0.2) is 11.5 Å². The molecule has 145 heavy (non-hydrogen) atoms. The molecule has 804 valence electrons. The van der Waals surface area contributed by atoms with Crippen LogP contribution >= 0.6 is 0 Å². The second-order valence-electron chi connectivity index (χ2n) is 41.1. The number of ether oxygens (including phenoxy) is 8. The molecule has 3 saturated heterocycles. The number of amides is 13. The number of esters is 3. The number of nitrogens with zero attached hydrogens (tertiary/aromatic N) is 5. The summed E-state index contributed by atoms with van der Waals surface area (Å²) in [5.41, 5.74) is 7.79. The van der Waals surface area contributed by atoms with Crippen LogP contribution in [0, 0.1) is 10.1 Å². The maximum atomic E-state index is 14.1. The summed E-state index contributed by atoms with van der Waals surface area (Å²) in [6.07, 6.45) is 1.01. The van der Waals surface area contributed by atoms with E-state index in [1.807, 2.05) is 54.0 Å². The number of nitro groups is 1. The van der Waals surface area contributed by atoms with Gasteiger partial charge in [-0.3, -0.25) is 98.0 Å². The molecule has 44 nitrogen and oxygen atoms in total. The lowest BCUT2D eigenvalue weighted by molar-refractivity contribution is -0.385. The molecule has 10 atom stereocenters. The monoisotopic (exact) mass is 2040 g/mol. The van der Waals surface area contributed by atoms with E-state index in [0.717, 1.165) is 11.1 Å². The summed E-state index contributed by atoms with van der Waals surface area (Å²) < 4.78 is 43.7. The first kappa shape index (κ1) is 124. The largest absolute Gasteiger partial charge is 0.493 e. The average molecular weight is 2040 g/mol. The third-order valence-electron chi connectivity index (χ3n) is 21.4. The van der Waals surface area contributed by atoms with Crippen molar-refractivity contribution in [1.29, 1.82) is 0 Å². The quantitative estimate of drug-likeness (QED) is 0.00292. The molecule has 44 heteroatoms. The standard InChI is InChI=1S/C42H61N7O12.C31H47N5O7.C28H43N5O7.H2O/c1-26(28-24-33(58-9)34(25-32(28)49(56)57)59-22-14-18-35(50)43-8)46-47-38(53)29(19-20-36(51)60-41(2,3)4)44-37(52)30(23-27-15-11-10-12-16-27)45-39(54)31-17-13-21-48(31)40(55)61-42(5,6)7;1-20(2)34-35-27(39)22(16-17-25(37)42-30(3,4)5)32-26(38)23(19-21-13-10-9-11-14-21)33-28(40)24-15-12-18-36(24)29(41)43-31(6,7)8;1-27(2,3)39-22(34)15-14-19(24(36)32-29)30-23(35)20(17-18-11-8-7-9-12-18)31-25(37)21-13-10-16-33(21)26(38)40-28(4,5)6;/h10-12,15-16,24-26,29-31,46H,13-14,17-23H2,1-9H3,(H,43,50)(H,44,52)(H,45,54)(H,47,53);9-11,13-14,22-24H,12,15-19H2,1-8H3,(H,32,38)(H,33,40)(H,35,39);7-9,11-12,19-21H,10,13-17,29H2,1-6H3,(H,30,35)(H,31,37)(H,32,36);1H2/t26?,29-,30-,31-;22-,23-,24-;19-,20-,21-;/m000./s1. The van der Waals surface area contributed by atoms with Crippen molar-refractivity contribution in [3.63, 3.8) is 0 Å². The number of carbonyl (C=O) groups excluding carboxylic acids is 16. The van der Waals surface area contributed by atoms with Crippen molar-refractivity contribution in [1.82, 2.24) is 73.6 Å². The zero-order chi connectivity index (χ0) is 108. The Bertz CT molecular complexity index is 5040. The van der Waals surface area contributed by atoms with Gasteiger partial charge >= 0.3 is 36.2 Å². The summed E-state index contributed by atoms with van der Waals surface area (Å²) in [7, 11) is 2.87. The number of nitro benzene ring substituents is 1. The molecule has 3 aliphatic rings. The number of nitrogens with one attached hydrogen (secondary N) is 11. The van der Waals surface area contributed by atoms with E-state index in [1.165, 1.54) is 41.0 Å². The predicted molar refractivity (Wildman–Crippen MR) is 536 cm³/mol. The molecule has 0 saturated carbocycles. The fourth-order valence-corrected chi connectivity index (χ4v) is 14.9. The number of methoxy groups -OCH3 is 1. The van der Waals surface area contributed by atoms with Gasteiger partial charge in [-0.05, 0) is 232 Å². The molecule has 4 aromatic carbocycles. The number of rotatable bonds is 41. The Morgan fingerprint density at radius 3 is 1.06 bits per heavy atom. The van der Waals surface area contributed by atoms with Gasteiger partial charge in [0.2, 0.25) is 41.4 Å². The Kier molecular flexibility index (Phi) is 49.2. The van der Waals surface area contributed by atoms with Crippen LogP contribution in [0.4, 0.5) is 20.1 Å². The van der Waals surface area contributed by atoms with Crippen molar-refractivity contribution < 1.29 is 125 Å². The zero-order valence-electron chi connectivity index (χ0n) is 87.9. The highest BCUT2D eigenvalue weighted by Crippen LogP contribution is 2.38. The summed E-state index contributed by atoms with van der Waals surface area (Å²) in [6, 6.07) is 19.2. The Morgan fingerprint density at radius 2 is 0.766 bits per heavy atom. The van der Waals surface area contributed by atoms with Crippen molar-refractivity contribution >= 4 is 107 Å². The van der Waals surface area contributed by atoms with E-state index in [2.05, 4.69) is 58.6 Å². The molecule has 7 rings (SSSR count). The number of hydrogen-bond acceptors (Lipinski definition) is 29. The fraction of sp³-hybridized carbons (Fsp3) is 0.594. The van der Waals surface area contributed by atoms with Crippen molar-refractivity contribution in [3.05, 3.63) is 135 Å². The van der Waals surface area contributed by atoms with Crippen LogP contribution in [0.1, 0.15) is 264 Å². The van der Waals surface area contributed by atoms with Crippen LogP contribution in [0.2, 0.25) is 0 Å². The van der Waals surface area contributed by atoms with E-state index < -0.39 is 188 Å². The van der Waals surface area contributed by atoms with E-state index in [4.69, 9.17) is 43.7 Å². The fourth-order valence-electron chi connectivity index (χ4n) is 14.9. The number of nitrogens with two attached hydrogens (primary N) is 1. The molecule has 3 fully saturated rings. The lowest BCUT2D eigenvalue weighted by Gasteiger charge is -2.29. The molecular formula is C101H153N17O27. The van der Waals surface area contributed by atoms with Crippen LogP contribution in [0.15, 0.2) is 108 Å². The number of hydrazone groups is 1. The maximum absolute atomic E-state index is 14.1. The van der Waals surface area contributed by atoms with Crippen LogP contribution in [0.25, 0.3) is 0 Å². The molecule has 3 aliphatic heterocycles. The highest BCUT2D eigenvalue weighted by molar-refractivity contribution is 5.97. The van der Waals surface area contributed by atoms with Crippen molar-refractivity contribution in [2.75, 3.05) is 40.4 Å². The maximum Gasteiger partial charge on any atom is 0.410 e. The number of likely N-dealkylation sites (tertiary alicyclic amines) is 3. The van der Waals surface area contributed by atoms with Crippen molar-refractivity contribution in [3.8, 4) is 11.5 Å². The Balaban J connectivity index is 0.000000465. The van der Waals surface area contributed by atoms with E-state index in [9.17, 15) is 86.8 Å². The second kappa shape index (κ2) is 57.7. The molecule has 3 heterocycles. The van der Waals surface area contributed by atoms with Crippen LogP contribution in [0.5, 0.6) is 11.5 Å². The number of carbonyl (C=O) groups is 16. The lowest BCUT2D eigenvalue weighted by atomic mass is 10.0. The van der Waals surface area contributed by atoms with Crippen LogP contribution in [0.3, 0.4) is 0 Å². The third kappa shape index (κ3) is 45.9. The summed E-state index contributed by atoms with van der Waals surface area (Å²) in [5.74, 6) is -2.01. The first-order valence-corrected chi connectivity index (χ1v) is 48.3. The zero-order valence-corrected chi connectivity index (χ0v) is 87.9. The number of hydrogen-bond donors (Lipinski definition) is 12. The molecule has 0 radical (unpaired) electrons. The predicted octanol–water partition coefficient (Wildman–Crippen LogP) is 8.04. The first-order valence-electron chi connectivity index (χ1n) is 48.3. The van der Waals surface area contributed by atoms with Crippen molar-refractivity contribution in [2.24, 2.45) is 10.9 Å². The molecule has 0 aromatic heterocycles. The van der Waals surface area contributed by atoms with Gasteiger partial charge in [0.05, 0.1) is 36.3 Å². The first-order chi connectivity index (χ1) is 67.2. The minimum absolute atomic E-state index is 0. The number of benzene rings is 4. The minimum atomic E-state index is -1.37. The molecule has 13 amide bonds. The smallest absolute Gasteiger partial charge is 0.410 e. The van der Waals surface area contributed by atoms with Gasteiger partial charge in [0, 0.05) is 77.3 Å². The topological polar surface area (TPSA) is 602 Å². The van der Waals surface area contributed by atoms with Gasteiger partial charge in [-0.15, -0.1) is 0 Å². The average Bonchev–Trinajstić information content (AvgIpc) is 0.956. The van der Waals surface area contributed by atoms with E-state index >= 15 is 0 Å². The number of hydrazine groups is 2. The van der Waals surface area contributed by atoms with Crippen LogP contribution < -0.4 is 74.2 Å². The van der Waals surface area contributed by atoms with Gasteiger partial charge in [0.25, 0.3) is 23.4 Å². The SMILES string of the molecule is CC(C)(C)OC(=O)CC[C@H](NC(=O)[C@H](Cc1ccccc1)NC(=O)[C@@H]1CCCN1C(=O)OC(C)(C)C)C(=O)NN.CC(C)=NNC(=O)[C@H](CCC(=O)OC(C)(C)C)NC(=O)[C@H](Cc1ccccc1)NC(=O)[C@@H]1CCCN1C(=O)OC(C)(C)C.CNC(=O)CCCOc1cc([N+](=O)[O-])c(C(C)NNC(=O)[C@H](CCC(=O)OC(C)(C)C)NC(=O)[C@H](Cc2ccccc2)NC(=O)[C@@H]2CCCN2C(=O)OC(C)(C)C)cc1OC.O. The second-order valence-corrected chi connectivity index (χ2v) is 41.1. The molecule has 0 bridgehead atoms. The third-order valence-corrected chi connectivity index (χ3v) is 21.4. The summed E-state index contributed by atoms with van der Waals surface area (Å²) in [6.45, 7) is 37.1. The Labute approximate surface area is 848 Å². The highest BCUT2D eigenvalue weighted by Gasteiger charge is 2.44. The molecular weight excluding hydrogens is 1880 g/mol. The summed E-state index contributed by atoms with van der Waals surface area (Å²) in [5, 5.41) is 35.0. The van der Waals surface area contributed by atoms with Gasteiger partial charge in [0.1, 0.15) is 88.0 Å². The van der Waals surface area contributed by atoms with Gasteiger partial charge in [-0.1, -0.05) is 91.0 Å². The molecule has 15 N–H and O–H groups in total. The molecule has 4 aromatic rings. The van der Waals surface area contributed by atoms with Gasteiger partial charge < -0.3 is 80.6 Å². The molecule has 0 spiro atoms. The Morgan fingerprint density at radius 1 is 0.441 bits per heavy atom. The summed E-state index contributed by atoms with van der Waals surface area (Å²) in [4.78, 5) is 224. The highest BCUT2D eigenvalue weighted by atomic mass is 16.6. The van der Waals surface area contributed by atoms with E-state index in [0.29, 0.717) is 69.3 Å². The van der Waals surface area contributed by atoms with E-state index in [-0.39, 0.29) is 111 Å². The lowest BCUT2D eigenvalue weighted by Crippen LogP contribution is -2.58. The summed E-state index contributed by atoms with van der Waals surface area (Å²) >= 11 is 0. The van der Waals surface area contributed by atoms with Gasteiger partial charge in [-0.2, -0.15) is 5.10 Å². The normalized spacial score (nSPS) is 16.0. The van der Waals surface area contributed by atoms with Gasteiger partial charge in [-0.25, -0.2) is 31.1 Å². The van der Waals surface area contributed by atoms with Crippen molar-refractivity contribution in [2.45, 2.75) is 349 Å². The Hall–Kier alpha value is -13.7. The minimum Gasteiger partial charge on any atom is -0.493 e. The van der Waals surface area contributed by atoms with Crippen LogP contribution in [-0.2, 0) is 110 Å².